The SMILES string of the molecule is O=C(Cn1c(=O)oc2ccccc21)N1CC[C@H](Oc2ccncc2)C1. The summed E-state index contributed by atoms with van der Waals surface area (Å²) in [5.74, 6) is 0.110. The maximum Gasteiger partial charge on any atom is 0.420 e. The minimum atomic E-state index is -0.515. The van der Waals surface area contributed by atoms with Crippen LogP contribution in [-0.4, -0.2) is 39.6 Å². The number of likely N-dealkylation sites (tertiary alicyclic amines) is 1. The van der Waals surface area contributed by atoms with E-state index < -0.39 is 5.76 Å². The van der Waals surface area contributed by atoms with Crippen molar-refractivity contribution in [1.29, 1.82) is 0 Å². The lowest BCUT2D eigenvalue weighted by molar-refractivity contribution is -0.131. The number of hydrogen-bond acceptors (Lipinski definition) is 5. The van der Waals surface area contributed by atoms with Crippen molar-refractivity contribution in [2.45, 2.75) is 19.1 Å². The number of carbonyl (C=O) groups excluding carboxylic acids is 1. The number of fused-ring (bicyclic) bond motifs is 1. The molecule has 1 amide bonds. The maximum absolute atomic E-state index is 12.6. The molecule has 128 valence electrons. The molecule has 3 aromatic rings. The van der Waals surface area contributed by atoms with Crippen molar-refractivity contribution in [1.82, 2.24) is 14.5 Å². The van der Waals surface area contributed by atoms with E-state index in [1.807, 2.05) is 6.07 Å². The molecule has 1 aliphatic heterocycles. The normalized spacial score (nSPS) is 17.1. The number of carbonyl (C=O) groups is 1. The fourth-order valence-electron chi connectivity index (χ4n) is 3.06. The van der Waals surface area contributed by atoms with E-state index in [9.17, 15) is 9.59 Å². The summed E-state index contributed by atoms with van der Waals surface area (Å²) in [4.78, 5) is 30.2. The van der Waals surface area contributed by atoms with Gasteiger partial charge in [0.2, 0.25) is 5.91 Å². The summed E-state index contributed by atoms with van der Waals surface area (Å²) >= 11 is 0. The predicted molar refractivity (Wildman–Crippen MR) is 90.3 cm³/mol. The van der Waals surface area contributed by atoms with Crippen molar-refractivity contribution in [3.63, 3.8) is 0 Å². The van der Waals surface area contributed by atoms with E-state index in [0.29, 0.717) is 24.2 Å². The molecule has 4 rings (SSSR count). The van der Waals surface area contributed by atoms with Gasteiger partial charge in [0, 0.05) is 25.4 Å². The maximum atomic E-state index is 12.6. The van der Waals surface area contributed by atoms with Crippen LogP contribution in [0.5, 0.6) is 5.75 Å². The standard InChI is InChI=1S/C18H17N3O4/c22-17(12-21-15-3-1-2-4-16(15)25-18(21)23)20-10-7-14(11-20)24-13-5-8-19-9-6-13/h1-6,8-9,14H,7,10-12H2/t14-/m0/s1. The first-order chi connectivity index (χ1) is 12.2. The Morgan fingerprint density at radius 2 is 2.04 bits per heavy atom. The second-order valence-electron chi connectivity index (χ2n) is 5.97. The first-order valence-electron chi connectivity index (χ1n) is 8.13. The second kappa shape index (κ2) is 6.43. The van der Waals surface area contributed by atoms with Gasteiger partial charge >= 0.3 is 5.76 Å². The fourth-order valence-corrected chi connectivity index (χ4v) is 3.06. The summed E-state index contributed by atoms with van der Waals surface area (Å²) in [5.41, 5.74) is 1.12. The van der Waals surface area contributed by atoms with Crippen LogP contribution in [0, 0.1) is 0 Å². The van der Waals surface area contributed by atoms with E-state index in [-0.39, 0.29) is 18.6 Å². The Hall–Kier alpha value is -3.09. The molecule has 0 aliphatic carbocycles. The zero-order valence-corrected chi connectivity index (χ0v) is 13.5. The third-order valence-electron chi connectivity index (χ3n) is 4.32. The number of aromatic nitrogens is 2. The first-order valence-corrected chi connectivity index (χ1v) is 8.13. The van der Waals surface area contributed by atoms with Crippen molar-refractivity contribution >= 4 is 17.0 Å². The first kappa shape index (κ1) is 15.4. The van der Waals surface area contributed by atoms with Gasteiger partial charge < -0.3 is 14.1 Å². The van der Waals surface area contributed by atoms with Gasteiger partial charge in [-0.25, -0.2) is 4.79 Å². The van der Waals surface area contributed by atoms with Gasteiger partial charge in [-0.05, 0) is 24.3 Å². The van der Waals surface area contributed by atoms with E-state index in [1.54, 1.807) is 47.6 Å². The van der Waals surface area contributed by atoms with Crippen LogP contribution < -0.4 is 10.5 Å². The van der Waals surface area contributed by atoms with Crippen LogP contribution in [0.4, 0.5) is 0 Å². The van der Waals surface area contributed by atoms with Crippen LogP contribution >= 0.6 is 0 Å². The average Bonchev–Trinajstić information content (AvgIpc) is 3.21. The van der Waals surface area contributed by atoms with E-state index >= 15 is 0 Å². The summed E-state index contributed by atoms with van der Waals surface area (Å²) in [6.45, 7) is 1.09. The smallest absolute Gasteiger partial charge is 0.420 e. The summed E-state index contributed by atoms with van der Waals surface area (Å²) in [5, 5.41) is 0. The van der Waals surface area contributed by atoms with Gasteiger partial charge in [0.25, 0.3) is 0 Å². The predicted octanol–water partition coefficient (Wildman–Crippen LogP) is 1.67. The number of para-hydroxylation sites is 2. The molecule has 7 heteroatoms. The van der Waals surface area contributed by atoms with Crippen LogP contribution in [0.15, 0.2) is 58.0 Å². The van der Waals surface area contributed by atoms with Gasteiger partial charge in [0.1, 0.15) is 18.4 Å². The van der Waals surface area contributed by atoms with E-state index in [2.05, 4.69) is 4.98 Å². The Bertz CT molecular complexity index is 948. The molecule has 1 saturated heterocycles. The third-order valence-corrected chi connectivity index (χ3v) is 4.32. The molecule has 1 fully saturated rings. The zero-order chi connectivity index (χ0) is 17.2. The largest absolute Gasteiger partial charge is 0.488 e. The van der Waals surface area contributed by atoms with E-state index in [1.165, 1.54) is 4.57 Å². The Balaban J connectivity index is 1.43. The molecule has 0 spiro atoms. The Morgan fingerprint density at radius 3 is 2.88 bits per heavy atom. The highest BCUT2D eigenvalue weighted by molar-refractivity contribution is 5.79. The lowest BCUT2D eigenvalue weighted by Gasteiger charge is -2.17. The minimum absolute atomic E-state index is 0.0299. The Kier molecular flexibility index (Phi) is 3.97. The van der Waals surface area contributed by atoms with E-state index in [4.69, 9.17) is 9.15 Å². The van der Waals surface area contributed by atoms with Crippen molar-refractivity contribution in [3.05, 3.63) is 59.3 Å². The number of benzene rings is 1. The minimum Gasteiger partial charge on any atom is -0.488 e. The molecular weight excluding hydrogens is 322 g/mol. The van der Waals surface area contributed by atoms with Gasteiger partial charge in [0.15, 0.2) is 5.58 Å². The number of ether oxygens (including phenoxy) is 1. The molecule has 0 bridgehead atoms. The summed E-state index contributed by atoms with van der Waals surface area (Å²) in [6.07, 6.45) is 4.05. The summed E-state index contributed by atoms with van der Waals surface area (Å²) in [6, 6.07) is 10.7. The van der Waals surface area contributed by atoms with Gasteiger partial charge in [-0.2, -0.15) is 0 Å². The number of oxazole rings is 1. The molecule has 0 unspecified atom stereocenters. The van der Waals surface area contributed by atoms with Crippen molar-refractivity contribution in [2.24, 2.45) is 0 Å². The molecule has 25 heavy (non-hydrogen) atoms. The highest BCUT2D eigenvalue weighted by atomic mass is 16.5. The lowest BCUT2D eigenvalue weighted by atomic mass is 10.3. The van der Waals surface area contributed by atoms with Gasteiger partial charge in [-0.1, -0.05) is 12.1 Å². The molecule has 3 heterocycles. The van der Waals surface area contributed by atoms with Gasteiger partial charge in [-0.15, -0.1) is 0 Å². The van der Waals surface area contributed by atoms with Crippen molar-refractivity contribution in [3.8, 4) is 5.75 Å². The van der Waals surface area contributed by atoms with Crippen LogP contribution in [0.3, 0.4) is 0 Å². The highest BCUT2D eigenvalue weighted by Gasteiger charge is 2.28. The van der Waals surface area contributed by atoms with E-state index in [0.717, 1.165) is 12.2 Å². The van der Waals surface area contributed by atoms with Crippen LogP contribution in [-0.2, 0) is 11.3 Å². The van der Waals surface area contributed by atoms with Crippen LogP contribution in [0.1, 0.15) is 6.42 Å². The monoisotopic (exact) mass is 339 g/mol. The molecule has 0 N–H and O–H groups in total. The number of pyridine rings is 1. The Morgan fingerprint density at radius 1 is 1.24 bits per heavy atom. The molecule has 2 aromatic heterocycles. The van der Waals surface area contributed by atoms with Gasteiger partial charge in [-0.3, -0.25) is 14.3 Å². The molecular formula is C18H17N3O4. The topological polar surface area (TPSA) is 77.6 Å². The summed E-state index contributed by atoms with van der Waals surface area (Å²) < 4.78 is 12.4. The quantitative estimate of drug-likeness (QED) is 0.722. The highest BCUT2D eigenvalue weighted by Crippen LogP contribution is 2.18. The molecule has 1 atom stereocenters. The molecule has 1 aromatic carbocycles. The molecule has 1 aliphatic rings. The average molecular weight is 339 g/mol. The fraction of sp³-hybridized carbons (Fsp3) is 0.278. The van der Waals surface area contributed by atoms with Crippen molar-refractivity contribution in [2.75, 3.05) is 13.1 Å². The van der Waals surface area contributed by atoms with Crippen molar-refractivity contribution < 1.29 is 13.9 Å². The summed E-state index contributed by atoms with van der Waals surface area (Å²) in [7, 11) is 0. The number of amides is 1. The zero-order valence-electron chi connectivity index (χ0n) is 13.5. The van der Waals surface area contributed by atoms with Crippen LogP contribution in [0.25, 0.3) is 11.1 Å². The number of nitrogens with zero attached hydrogens (tertiary/aromatic N) is 3. The number of rotatable bonds is 4. The molecule has 0 radical (unpaired) electrons. The second-order valence-corrected chi connectivity index (χ2v) is 5.97. The van der Waals surface area contributed by atoms with Gasteiger partial charge in [0.05, 0.1) is 12.1 Å². The molecule has 0 saturated carbocycles. The number of hydrogen-bond donors (Lipinski definition) is 0. The molecule has 7 nitrogen and oxygen atoms in total. The Labute approximate surface area is 143 Å². The van der Waals surface area contributed by atoms with Crippen LogP contribution in [0.2, 0.25) is 0 Å². The third kappa shape index (κ3) is 3.13. The lowest BCUT2D eigenvalue weighted by Crippen LogP contribution is -2.35.